The lowest BCUT2D eigenvalue weighted by Crippen LogP contribution is -2.17. The summed E-state index contributed by atoms with van der Waals surface area (Å²) in [5.74, 6) is -0.388. The molecule has 1 aromatic heterocycles. The van der Waals surface area contributed by atoms with Gasteiger partial charge in [0.05, 0.1) is 0 Å². The zero-order valence-corrected chi connectivity index (χ0v) is 14.4. The number of aromatic nitrogens is 1. The Balaban J connectivity index is 1.79. The molecule has 1 aromatic carbocycles. The van der Waals surface area contributed by atoms with Crippen molar-refractivity contribution in [1.82, 2.24) is 4.98 Å². The quantitative estimate of drug-likeness (QED) is 0.875. The van der Waals surface area contributed by atoms with Gasteiger partial charge in [0.2, 0.25) is 11.8 Å². The van der Waals surface area contributed by atoms with Gasteiger partial charge in [-0.15, -0.1) is 11.3 Å². The molecule has 23 heavy (non-hydrogen) atoms. The van der Waals surface area contributed by atoms with Gasteiger partial charge in [-0.05, 0) is 23.1 Å². The summed E-state index contributed by atoms with van der Waals surface area (Å²) in [4.78, 5) is 27.6. The van der Waals surface area contributed by atoms with E-state index in [0.29, 0.717) is 5.13 Å². The third-order valence-electron chi connectivity index (χ3n) is 3.29. The molecule has 2 aromatic rings. The Labute approximate surface area is 140 Å². The number of amides is 2. The summed E-state index contributed by atoms with van der Waals surface area (Å²) in [6.07, 6.45) is 1.89. The molecule has 0 bridgehead atoms. The van der Waals surface area contributed by atoms with E-state index < -0.39 is 0 Å². The number of nitrogens with zero attached hydrogens (tertiary/aromatic N) is 1. The molecular weight excluding hydrogens is 310 g/mol. The zero-order chi connectivity index (χ0) is 16.9. The predicted molar refractivity (Wildman–Crippen MR) is 93.7 cm³/mol. The average Bonchev–Trinajstić information content (AvgIpc) is 2.98. The lowest BCUT2D eigenvalue weighted by molar-refractivity contribution is -0.121. The van der Waals surface area contributed by atoms with E-state index >= 15 is 0 Å². The standard InChI is InChI=1S/C17H21N3O2S/c1-17(2,3)12-4-6-13(7-5-12)19-14(21)8-9-15(22)20-16-18-10-11-23-16/h4-7,10-11H,8-9H2,1-3H3,(H,19,21)(H,18,20,22). The van der Waals surface area contributed by atoms with Crippen LogP contribution >= 0.6 is 11.3 Å². The average molecular weight is 331 g/mol. The van der Waals surface area contributed by atoms with Crippen molar-refractivity contribution in [3.8, 4) is 0 Å². The lowest BCUT2D eigenvalue weighted by atomic mass is 9.87. The minimum absolute atomic E-state index is 0.0798. The molecule has 2 rings (SSSR count). The Morgan fingerprint density at radius 1 is 1.04 bits per heavy atom. The lowest BCUT2D eigenvalue weighted by Gasteiger charge is -2.19. The normalized spacial score (nSPS) is 11.1. The van der Waals surface area contributed by atoms with Gasteiger partial charge in [0, 0.05) is 30.1 Å². The van der Waals surface area contributed by atoms with Crippen molar-refractivity contribution in [2.75, 3.05) is 10.6 Å². The van der Waals surface area contributed by atoms with Crippen molar-refractivity contribution < 1.29 is 9.59 Å². The van der Waals surface area contributed by atoms with Crippen molar-refractivity contribution in [3.63, 3.8) is 0 Å². The van der Waals surface area contributed by atoms with Crippen molar-refractivity contribution >= 4 is 34.0 Å². The molecule has 1 heterocycles. The first-order valence-electron chi connectivity index (χ1n) is 7.44. The van der Waals surface area contributed by atoms with Crippen molar-refractivity contribution in [2.24, 2.45) is 0 Å². The largest absolute Gasteiger partial charge is 0.326 e. The fourth-order valence-corrected chi connectivity index (χ4v) is 2.52. The monoisotopic (exact) mass is 331 g/mol. The molecule has 0 saturated carbocycles. The highest BCUT2D eigenvalue weighted by Gasteiger charge is 2.13. The molecular formula is C17H21N3O2S. The highest BCUT2D eigenvalue weighted by atomic mass is 32.1. The molecule has 0 spiro atoms. The summed E-state index contributed by atoms with van der Waals surface area (Å²) in [7, 11) is 0. The number of anilines is 2. The molecule has 0 aliphatic rings. The molecule has 0 saturated heterocycles. The Kier molecular flexibility index (Phi) is 5.50. The number of nitrogens with one attached hydrogen (secondary N) is 2. The maximum atomic E-state index is 11.9. The minimum Gasteiger partial charge on any atom is -0.326 e. The topological polar surface area (TPSA) is 71.1 Å². The SMILES string of the molecule is CC(C)(C)c1ccc(NC(=O)CCC(=O)Nc2nccs2)cc1. The highest BCUT2D eigenvalue weighted by Crippen LogP contribution is 2.23. The summed E-state index contributed by atoms with van der Waals surface area (Å²) in [6, 6.07) is 7.78. The van der Waals surface area contributed by atoms with Crippen LogP contribution in [0, 0.1) is 0 Å². The Hall–Kier alpha value is -2.21. The summed E-state index contributed by atoms with van der Waals surface area (Å²) < 4.78 is 0. The number of thiazole rings is 1. The molecule has 0 fully saturated rings. The highest BCUT2D eigenvalue weighted by molar-refractivity contribution is 7.13. The number of carbonyl (C=O) groups is 2. The number of carbonyl (C=O) groups excluding carboxylic acids is 2. The summed E-state index contributed by atoms with van der Waals surface area (Å²) in [5, 5.41) is 7.79. The maximum absolute atomic E-state index is 11.9. The molecule has 5 nitrogen and oxygen atoms in total. The molecule has 2 amide bonds. The van der Waals surface area contributed by atoms with Crippen LogP contribution in [0.5, 0.6) is 0 Å². The van der Waals surface area contributed by atoms with Gasteiger partial charge in [0.1, 0.15) is 0 Å². The second-order valence-corrected chi connectivity index (χ2v) is 7.16. The Morgan fingerprint density at radius 2 is 1.65 bits per heavy atom. The van der Waals surface area contributed by atoms with Crippen LogP contribution in [0.25, 0.3) is 0 Å². The number of rotatable bonds is 5. The molecule has 6 heteroatoms. The molecule has 0 aliphatic heterocycles. The summed E-state index contributed by atoms with van der Waals surface area (Å²) in [5.41, 5.74) is 2.03. The van der Waals surface area contributed by atoms with E-state index in [9.17, 15) is 9.59 Å². The minimum atomic E-state index is -0.210. The van der Waals surface area contributed by atoms with Crippen molar-refractivity contribution in [3.05, 3.63) is 41.4 Å². The van der Waals surface area contributed by atoms with Crippen LogP contribution in [0.1, 0.15) is 39.2 Å². The van der Waals surface area contributed by atoms with Gasteiger partial charge in [-0.25, -0.2) is 4.98 Å². The molecule has 0 unspecified atom stereocenters. The van der Waals surface area contributed by atoms with E-state index in [2.05, 4.69) is 36.4 Å². The first-order valence-corrected chi connectivity index (χ1v) is 8.32. The van der Waals surface area contributed by atoms with Gasteiger partial charge in [0.15, 0.2) is 5.13 Å². The van der Waals surface area contributed by atoms with Crippen LogP contribution in [0.3, 0.4) is 0 Å². The predicted octanol–water partition coefficient (Wildman–Crippen LogP) is 3.80. The van der Waals surface area contributed by atoms with Gasteiger partial charge in [-0.3, -0.25) is 9.59 Å². The fraction of sp³-hybridized carbons (Fsp3) is 0.353. The smallest absolute Gasteiger partial charge is 0.226 e. The number of benzene rings is 1. The zero-order valence-electron chi connectivity index (χ0n) is 13.6. The first-order chi connectivity index (χ1) is 10.8. The maximum Gasteiger partial charge on any atom is 0.226 e. The molecule has 0 atom stereocenters. The van der Waals surface area contributed by atoms with Gasteiger partial charge < -0.3 is 10.6 Å². The van der Waals surface area contributed by atoms with Crippen LogP contribution in [-0.2, 0) is 15.0 Å². The molecule has 0 aliphatic carbocycles. The van der Waals surface area contributed by atoms with Gasteiger partial charge >= 0.3 is 0 Å². The van der Waals surface area contributed by atoms with E-state index in [-0.39, 0.29) is 30.1 Å². The number of hydrogen-bond acceptors (Lipinski definition) is 4. The number of hydrogen-bond donors (Lipinski definition) is 2. The second kappa shape index (κ2) is 7.37. The van der Waals surface area contributed by atoms with Crippen LogP contribution in [0.2, 0.25) is 0 Å². The summed E-state index contributed by atoms with van der Waals surface area (Å²) >= 11 is 1.35. The van der Waals surface area contributed by atoms with Crippen LogP contribution < -0.4 is 10.6 Å². The van der Waals surface area contributed by atoms with Gasteiger partial charge in [-0.2, -0.15) is 0 Å². The summed E-state index contributed by atoms with van der Waals surface area (Å²) in [6.45, 7) is 6.42. The van der Waals surface area contributed by atoms with Crippen molar-refractivity contribution in [1.29, 1.82) is 0 Å². The molecule has 2 N–H and O–H groups in total. The van der Waals surface area contributed by atoms with Crippen molar-refractivity contribution in [2.45, 2.75) is 39.0 Å². The molecule has 0 radical (unpaired) electrons. The van der Waals surface area contributed by atoms with Crippen LogP contribution in [0.4, 0.5) is 10.8 Å². The van der Waals surface area contributed by atoms with E-state index in [1.165, 1.54) is 16.9 Å². The van der Waals surface area contributed by atoms with Crippen LogP contribution in [0.15, 0.2) is 35.8 Å². The van der Waals surface area contributed by atoms with E-state index in [1.807, 2.05) is 24.3 Å². The van der Waals surface area contributed by atoms with E-state index in [1.54, 1.807) is 11.6 Å². The Morgan fingerprint density at radius 3 is 2.17 bits per heavy atom. The van der Waals surface area contributed by atoms with E-state index in [0.717, 1.165) is 5.69 Å². The van der Waals surface area contributed by atoms with Gasteiger partial charge in [0.25, 0.3) is 0 Å². The first kappa shape index (κ1) is 17.1. The van der Waals surface area contributed by atoms with Crippen LogP contribution in [-0.4, -0.2) is 16.8 Å². The fourth-order valence-electron chi connectivity index (χ4n) is 1.97. The Bertz CT molecular complexity index is 658. The van der Waals surface area contributed by atoms with E-state index in [4.69, 9.17) is 0 Å². The third kappa shape index (κ3) is 5.49. The van der Waals surface area contributed by atoms with Gasteiger partial charge in [-0.1, -0.05) is 32.9 Å². The third-order valence-corrected chi connectivity index (χ3v) is 3.98. The molecule has 122 valence electrons. The second-order valence-electron chi connectivity index (χ2n) is 6.26.